The smallest absolute Gasteiger partial charge is 0.410 e. The van der Waals surface area contributed by atoms with Gasteiger partial charge in [-0.1, -0.05) is 19.8 Å². The monoisotopic (exact) mass is 409 g/mol. The van der Waals surface area contributed by atoms with Crippen molar-refractivity contribution in [3.05, 3.63) is 0 Å². The summed E-state index contributed by atoms with van der Waals surface area (Å²) in [4.78, 5) is 20.8. The number of hydrogen-bond donors (Lipinski definition) is 2. The minimum Gasteiger partial charge on any atom is -0.444 e. The molecule has 1 saturated heterocycles. The summed E-state index contributed by atoms with van der Waals surface area (Å²) in [6, 6.07) is 1.31. The number of aliphatic imine (C=N–C) groups is 1. The number of piperidine rings is 1. The Morgan fingerprint density at radius 1 is 1.21 bits per heavy atom. The van der Waals surface area contributed by atoms with Crippen molar-refractivity contribution in [2.45, 2.75) is 83.9 Å². The Labute approximate surface area is 177 Å². The van der Waals surface area contributed by atoms with E-state index in [0.29, 0.717) is 12.6 Å². The largest absolute Gasteiger partial charge is 0.444 e. The molecule has 1 atom stereocenters. The van der Waals surface area contributed by atoms with Crippen molar-refractivity contribution >= 4 is 12.1 Å². The molecule has 7 heteroatoms. The van der Waals surface area contributed by atoms with E-state index in [1.54, 1.807) is 11.9 Å². The molecule has 2 aliphatic rings. The Balaban J connectivity index is 1.67. The van der Waals surface area contributed by atoms with Crippen molar-refractivity contribution in [2.24, 2.45) is 10.9 Å². The molecular weight excluding hydrogens is 366 g/mol. The van der Waals surface area contributed by atoms with Gasteiger partial charge in [0.25, 0.3) is 0 Å². The van der Waals surface area contributed by atoms with Crippen LogP contribution < -0.4 is 10.6 Å². The number of nitrogens with zero attached hydrogens (tertiary/aromatic N) is 3. The molecule has 1 aliphatic carbocycles. The first-order valence-corrected chi connectivity index (χ1v) is 11.3. The zero-order valence-electron chi connectivity index (χ0n) is 19.5. The zero-order chi connectivity index (χ0) is 21.4. The van der Waals surface area contributed by atoms with Crippen LogP contribution in [-0.2, 0) is 4.74 Å². The van der Waals surface area contributed by atoms with Gasteiger partial charge in [-0.3, -0.25) is 4.99 Å². The highest BCUT2D eigenvalue weighted by atomic mass is 16.6. The van der Waals surface area contributed by atoms with Gasteiger partial charge in [-0.05, 0) is 52.4 Å². The molecule has 1 unspecified atom stereocenters. The van der Waals surface area contributed by atoms with Gasteiger partial charge in [0, 0.05) is 52.4 Å². The molecule has 1 amide bonds. The topological polar surface area (TPSA) is 69.2 Å². The summed E-state index contributed by atoms with van der Waals surface area (Å²) in [6.45, 7) is 11.6. The molecule has 0 bridgehead atoms. The fourth-order valence-corrected chi connectivity index (χ4v) is 4.28. The Hall–Kier alpha value is -1.50. The van der Waals surface area contributed by atoms with Crippen LogP contribution in [0.2, 0.25) is 0 Å². The summed E-state index contributed by atoms with van der Waals surface area (Å²) in [5, 5.41) is 7.01. The summed E-state index contributed by atoms with van der Waals surface area (Å²) >= 11 is 0. The van der Waals surface area contributed by atoms with E-state index >= 15 is 0 Å². The first-order valence-electron chi connectivity index (χ1n) is 11.3. The minimum absolute atomic E-state index is 0.277. The van der Waals surface area contributed by atoms with Crippen LogP contribution in [0.25, 0.3) is 0 Å². The molecule has 7 nitrogen and oxygen atoms in total. The number of guanidine groups is 1. The van der Waals surface area contributed by atoms with Crippen LogP contribution in [0.3, 0.4) is 0 Å². The zero-order valence-corrected chi connectivity index (χ0v) is 19.5. The lowest BCUT2D eigenvalue weighted by Crippen LogP contribution is -2.51. The Morgan fingerprint density at radius 2 is 1.83 bits per heavy atom. The van der Waals surface area contributed by atoms with Crippen LogP contribution in [0.4, 0.5) is 4.79 Å². The first-order chi connectivity index (χ1) is 13.7. The summed E-state index contributed by atoms with van der Waals surface area (Å²) < 4.78 is 5.42. The number of carbonyl (C=O) groups excluding carboxylic acids is 1. The van der Waals surface area contributed by atoms with E-state index in [1.165, 1.54) is 51.6 Å². The van der Waals surface area contributed by atoms with E-state index in [-0.39, 0.29) is 12.0 Å². The summed E-state index contributed by atoms with van der Waals surface area (Å²) in [6.07, 6.45) is 7.65. The second-order valence-electron chi connectivity index (χ2n) is 9.81. The molecule has 0 aromatic heterocycles. The number of ether oxygens (including phenoxy) is 1. The predicted molar refractivity (Wildman–Crippen MR) is 119 cm³/mol. The third kappa shape index (κ3) is 8.41. The lowest BCUT2D eigenvalue weighted by atomic mass is 10.0. The number of hydrogen-bond acceptors (Lipinski definition) is 4. The highest BCUT2D eigenvalue weighted by Crippen LogP contribution is 2.26. The van der Waals surface area contributed by atoms with Crippen molar-refractivity contribution in [1.29, 1.82) is 0 Å². The molecule has 0 radical (unpaired) electrons. The van der Waals surface area contributed by atoms with Crippen molar-refractivity contribution in [1.82, 2.24) is 20.4 Å². The average molecular weight is 410 g/mol. The van der Waals surface area contributed by atoms with E-state index in [2.05, 4.69) is 27.4 Å². The van der Waals surface area contributed by atoms with Crippen LogP contribution in [-0.4, -0.2) is 79.8 Å². The number of amides is 1. The third-order valence-corrected chi connectivity index (χ3v) is 5.84. The molecule has 1 heterocycles. The quantitative estimate of drug-likeness (QED) is 0.521. The second-order valence-corrected chi connectivity index (χ2v) is 9.81. The minimum atomic E-state index is -0.466. The van der Waals surface area contributed by atoms with Gasteiger partial charge in [-0.15, -0.1) is 0 Å². The molecular formula is C22H43N5O2. The molecule has 2 N–H and O–H groups in total. The van der Waals surface area contributed by atoms with Gasteiger partial charge in [0.2, 0.25) is 0 Å². The lowest BCUT2D eigenvalue weighted by molar-refractivity contribution is 0.0278. The number of likely N-dealkylation sites (tertiary alicyclic amines) is 1. The Morgan fingerprint density at radius 3 is 2.38 bits per heavy atom. The second kappa shape index (κ2) is 11.0. The van der Waals surface area contributed by atoms with Crippen LogP contribution >= 0.6 is 0 Å². The van der Waals surface area contributed by atoms with Crippen molar-refractivity contribution in [3.63, 3.8) is 0 Å². The Bertz CT molecular complexity index is 532. The molecule has 0 aromatic carbocycles. The summed E-state index contributed by atoms with van der Waals surface area (Å²) in [7, 11) is 3.61. The van der Waals surface area contributed by atoms with E-state index in [9.17, 15) is 4.79 Å². The van der Waals surface area contributed by atoms with Gasteiger partial charge in [0.15, 0.2) is 5.96 Å². The standard InChI is InChI=1S/C22H43N5O2/c1-17(16-26(6)21(28)29-22(2,3)4)15-24-20(23-5)25-18-11-13-27(14-12-18)19-9-7-8-10-19/h17-19H,7-16H2,1-6H3,(H2,23,24,25). The van der Waals surface area contributed by atoms with Gasteiger partial charge < -0.3 is 25.2 Å². The summed E-state index contributed by atoms with van der Waals surface area (Å²) in [5.74, 6) is 1.14. The van der Waals surface area contributed by atoms with Gasteiger partial charge in [-0.25, -0.2) is 4.79 Å². The molecule has 0 spiro atoms. The molecule has 0 aromatic rings. The van der Waals surface area contributed by atoms with E-state index in [1.807, 2.05) is 27.8 Å². The fraction of sp³-hybridized carbons (Fsp3) is 0.909. The van der Waals surface area contributed by atoms with E-state index in [0.717, 1.165) is 18.5 Å². The first kappa shape index (κ1) is 23.8. The van der Waals surface area contributed by atoms with Crippen molar-refractivity contribution in [2.75, 3.05) is 40.3 Å². The average Bonchev–Trinajstić information content (AvgIpc) is 3.19. The maximum atomic E-state index is 12.1. The summed E-state index contributed by atoms with van der Waals surface area (Å²) in [5.41, 5.74) is -0.466. The lowest BCUT2D eigenvalue weighted by Gasteiger charge is -2.36. The highest BCUT2D eigenvalue weighted by Gasteiger charge is 2.27. The van der Waals surface area contributed by atoms with Crippen LogP contribution in [0.1, 0.15) is 66.2 Å². The number of nitrogens with one attached hydrogen (secondary N) is 2. The maximum Gasteiger partial charge on any atom is 0.410 e. The van der Waals surface area contributed by atoms with Crippen LogP contribution in [0.15, 0.2) is 4.99 Å². The SMILES string of the molecule is CN=C(NCC(C)CN(C)C(=O)OC(C)(C)C)NC1CCN(C2CCCC2)CC1. The normalized spacial score (nSPS) is 21.1. The van der Waals surface area contributed by atoms with E-state index in [4.69, 9.17) is 4.74 Å². The fourth-order valence-electron chi connectivity index (χ4n) is 4.28. The van der Waals surface area contributed by atoms with Crippen LogP contribution in [0, 0.1) is 5.92 Å². The third-order valence-electron chi connectivity index (χ3n) is 5.84. The molecule has 1 aliphatic heterocycles. The van der Waals surface area contributed by atoms with Gasteiger partial charge >= 0.3 is 6.09 Å². The molecule has 2 rings (SSSR count). The molecule has 168 valence electrons. The van der Waals surface area contributed by atoms with Crippen molar-refractivity contribution < 1.29 is 9.53 Å². The molecule has 1 saturated carbocycles. The van der Waals surface area contributed by atoms with Gasteiger partial charge in [-0.2, -0.15) is 0 Å². The van der Waals surface area contributed by atoms with E-state index < -0.39 is 5.60 Å². The molecule has 29 heavy (non-hydrogen) atoms. The van der Waals surface area contributed by atoms with Gasteiger partial charge in [0.1, 0.15) is 5.60 Å². The highest BCUT2D eigenvalue weighted by molar-refractivity contribution is 5.80. The predicted octanol–water partition coefficient (Wildman–Crippen LogP) is 3.06. The molecule has 2 fully saturated rings. The van der Waals surface area contributed by atoms with Crippen molar-refractivity contribution in [3.8, 4) is 0 Å². The van der Waals surface area contributed by atoms with Crippen LogP contribution in [0.5, 0.6) is 0 Å². The Kier molecular flexibility index (Phi) is 9.05. The maximum absolute atomic E-state index is 12.1. The number of carbonyl (C=O) groups is 1. The number of rotatable bonds is 6. The van der Waals surface area contributed by atoms with Gasteiger partial charge in [0.05, 0.1) is 0 Å².